The summed E-state index contributed by atoms with van der Waals surface area (Å²) in [5, 5.41) is 0. The zero-order valence-electron chi connectivity index (χ0n) is 13.4. The smallest absolute Gasteiger partial charge is 0.425 e. The Labute approximate surface area is 153 Å². The molecule has 1 amide bonds. The molecule has 126 valence electrons. The van der Waals surface area contributed by atoms with E-state index in [9.17, 15) is 4.79 Å². The van der Waals surface area contributed by atoms with Crippen molar-refractivity contribution in [3.8, 4) is 17.2 Å². The van der Waals surface area contributed by atoms with Gasteiger partial charge in [-0.25, -0.2) is 9.10 Å². The molecule has 24 heavy (non-hydrogen) atoms. The SMILES string of the molecule is CN(Sc1ccc(Br)cc1)C(=O)Oc1cccc2c1OC(C)(C)O2. The summed E-state index contributed by atoms with van der Waals surface area (Å²) in [6.07, 6.45) is -0.496. The van der Waals surface area contributed by atoms with Gasteiger partial charge in [0.25, 0.3) is 0 Å². The number of amides is 1. The Kier molecular flexibility index (Phi) is 4.64. The minimum Gasteiger partial charge on any atom is -0.449 e. The summed E-state index contributed by atoms with van der Waals surface area (Å²) in [6, 6.07) is 12.9. The van der Waals surface area contributed by atoms with Crippen molar-refractivity contribution in [1.29, 1.82) is 0 Å². The fraction of sp³-hybridized carbons (Fsp3) is 0.235. The summed E-state index contributed by atoms with van der Waals surface area (Å²) < 4.78 is 19.2. The molecule has 5 nitrogen and oxygen atoms in total. The first-order chi connectivity index (χ1) is 11.3. The number of carbonyl (C=O) groups excluding carboxylic acids is 1. The number of hydrogen-bond acceptors (Lipinski definition) is 5. The van der Waals surface area contributed by atoms with Crippen LogP contribution in [0.1, 0.15) is 13.8 Å². The standard InChI is InChI=1S/C17H16BrNO4S/c1-17(2)22-14-6-4-5-13(15(14)23-17)21-16(20)19(3)24-12-9-7-11(18)8-10-12/h4-10H,1-3H3. The molecule has 0 aromatic heterocycles. The fourth-order valence-corrected chi connectivity index (χ4v) is 3.09. The number of para-hydroxylation sites is 1. The van der Waals surface area contributed by atoms with Gasteiger partial charge in [0.15, 0.2) is 11.5 Å². The van der Waals surface area contributed by atoms with Gasteiger partial charge in [-0.15, -0.1) is 0 Å². The maximum atomic E-state index is 12.3. The normalized spacial score (nSPS) is 14.3. The zero-order chi connectivity index (χ0) is 17.3. The molecule has 0 radical (unpaired) electrons. The highest BCUT2D eigenvalue weighted by Crippen LogP contribution is 2.45. The molecular weight excluding hydrogens is 394 g/mol. The molecule has 0 unspecified atom stereocenters. The van der Waals surface area contributed by atoms with E-state index in [0.29, 0.717) is 17.2 Å². The van der Waals surface area contributed by atoms with Crippen molar-refractivity contribution in [1.82, 2.24) is 4.31 Å². The highest BCUT2D eigenvalue weighted by molar-refractivity contribution is 9.10. The lowest BCUT2D eigenvalue weighted by Gasteiger charge is -2.18. The van der Waals surface area contributed by atoms with Crippen LogP contribution in [0.25, 0.3) is 0 Å². The summed E-state index contributed by atoms with van der Waals surface area (Å²) in [4.78, 5) is 13.2. The Morgan fingerprint density at radius 2 is 1.88 bits per heavy atom. The van der Waals surface area contributed by atoms with Crippen molar-refractivity contribution in [2.24, 2.45) is 0 Å². The van der Waals surface area contributed by atoms with Gasteiger partial charge in [0.2, 0.25) is 11.5 Å². The molecule has 0 spiro atoms. The second-order valence-corrected chi connectivity index (χ2v) is 7.72. The van der Waals surface area contributed by atoms with Crippen molar-refractivity contribution in [3.63, 3.8) is 0 Å². The van der Waals surface area contributed by atoms with Crippen molar-refractivity contribution >= 4 is 34.0 Å². The summed E-state index contributed by atoms with van der Waals surface area (Å²) >= 11 is 4.66. The average molecular weight is 410 g/mol. The first-order valence-electron chi connectivity index (χ1n) is 7.24. The minimum atomic E-state index is -0.775. The zero-order valence-corrected chi connectivity index (χ0v) is 15.8. The first-order valence-corrected chi connectivity index (χ1v) is 8.81. The van der Waals surface area contributed by atoms with Crippen molar-refractivity contribution < 1.29 is 19.0 Å². The van der Waals surface area contributed by atoms with Crippen LogP contribution in [0.3, 0.4) is 0 Å². The number of nitrogens with zero attached hydrogens (tertiary/aromatic N) is 1. The minimum absolute atomic E-state index is 0.339. The van der Waals surface area contributed by atoms with Gasteiger partial charge in [-0.05, 0) is 48.3 Å². The quantitative estimate of drug-likeness (QED) is 0.660. The Balaban J connectivity index is 1.69. The van der Waals surface area contributed by atoms with E-state index in [2.05, 4.69) is 15.9 Å². The lowest BCUT2D eigenvalue weighted by Crippen LogP contribution is -2.30. The molecule has 1 heterocycles. The van der Waals surface area contributed by atoms with E-state index < -0.39 is 11.9 Å². The van der Waals surface area contributed by atoms with Crippen molar-refractivity contribution in [2.45, 2.75) is 24.5 Å². The summed E-state index contributed by atoms with van der Waals surface area (Å²) in [7, 11) is 1.65. The van der Waals surface area contributed by atoms with Crippen LogP contribution in [0.15, 0.2) is 51.8 Å². The van der Waals surface area contributed by atoms with E-state index in [0.717, 1.165) is 9.37 Å². The topological polar surface area (TPSA) is 48.0 Å². The van der Waals surface area contributed by atoms with Gasteiger partial charge in [-0.3, -0.25) is 0 Å². The van der Waals surface area contributed by atoms with Crippen LogP contribution in [0.2, 0.25) is 0 Å². The van der Waals surface area contributed by atoms with Gasteiger partial charge in [0.05, 0.1) is 0 Å². The second kappa shape index (κ2) is 6.57. The van der Waals surface area contributed by atoms with Crippen molar-refractivity contribution in [3.05, 3.63) is 46.9 Å². The Bertz CT molecular complexity index is 764. The molecule has 2 aromatic rings. The van der Waals surface area contributed by atoms with Gasteiger partial charge >= 0.3 is 6.09 Å². The molecule has 1 aliphatic heterocycles. The summed E-state index contributed by atoms with van der Waals surface area (Å²) in [5.74, 6) is 0.570. The lowest BCUT2D eigenvalue weighted by atomic mass is 10.3. The molecule has 0 N–H and O–H groups in total. The van der Waals surface area contributed by atoms with E-state index in [1.807, 2.05) is 24.3 Å². The third kappa shape index (κ3) is 3.79. The lowest BCUT2D eigenvalue weighted by molar-refractivity contribution is -0.0439. The number of carbonyl (C=O) groups is 1. The van der Waals surface area contributed by atoms with Gasteiger partial charge in [-0.1, -0.05) is 22.0 Å². The maximum Gasteiger partial charge on any atom is 0.425 e. The predicted octanol–water partition coefficient (Wildman–Crippen LogP) is 5.09. The third-order valence-corrected chi connectivity index (χ3v) is 4.59. The molecule has 3 rings (SSSR count). The molecule has 0 fully saturated rings. The van der Waals surface area contributed by atoms with E-state index >= 15 is 0 Å². The van der Waals surface area contributed by atoms with E-state index in [1.165, 1.54) is 16.3 Å². The number of benzene rings is 2. The molecule has 0 aliphatic carbocycles. The Morgan fingerprint density at radius 3 is 2.58 bits per heavy atom. The van der Waals surface area contributed by atoms with Crippen LogP contribution < -0.4 is 14.2 Å². The van der Waals surface area contributed by atoms with E-state index in [4.69, 9.17) is 14.2 Å². The van der Waals surface area contributed by atoms with Crippen molar-refractivity contribution in [2.75, 3.05) is 7.05 Å². The molecule has 7 heteroatoms. The number of hydrogen-bond donors (Lipinski definition) is 0. The molecule has 0 bridgehead atoms. The highest BCUT2D eigenvalue weighted by atomic mass is 79.9. The van der Waals surface area contributed by atoms with Crippen LogP contribution in [0.4, 0.5) is 4.79 Å². The Hall–Kier alpha value is -1.86. The van der Waals surface area contributed by atoms with Gasteiger partial charge in [0.1, 0.15) is 0 Å². The van der Waals surface area contributed by atoms with Crippen LogP contribution >= 0.6 is 27.9 Å². The maximum absolute atomic E-state index is 12.3. The number of ether oxygens (including phenoxy) is 3. The largest absolute Gasteiger partial charge is 0.449 e. The van der Waals surface area contributed by atoms with Gasteiger partial charge in [0, 0.05) is 30.3 Å². The summed E-state index contributed by atoms with van der Waals surface area (Å²) in [6.45, 7) is 3.60. The predicted molar refractivity (Wildman–Crippen MR) is 95.6 cm³/mol. The molecule has 0 saturated heterocycles. The number of fused-ring (bicyclic) bond motifs is 1. The van der Waals surface area contributed by atoms with E-state index in [1.54, 1.807) is 39.1 Å². The molecule has 1 aliphatic rings. The molecule has 2 aromatic carbocycles. The second-order valence-electron chi connectivity index (χ2n) is 5.60. The molecule has 0 atom stereocenters. The van der Waals surface area contributed by atoms with Gasteiger partial charge in [-0.2, -0.15) is 0 Å². The Morgan fingerprint density at radius 1 is 1.17 bits per heavy atom. The molecule has 0 saturated carbocycles. The van der Waals surface area contributed by atoms with E-state index in [-0.39, 0.29) is 0 Å². The third-order valence-electron chi connectivity index (χ3n) is 3.16. The van der Waals surface area contributed by atoms with Crippen LogP contribution in [-0.4, -0.2) is 23.2 Å². The first kappa shape index (κ1) is 17.0. The van der Waals surface area contributed by atoms with Crippen LogP contribution in [0, 0.1) is 0 Å². The summed E-state index contributed by atoms with van der Waals surface area (Å²) in [5.41, 5.74) is 0. The fourth-order valence-electron chi connectivity index (χ4n) is 2.14. The van der Waals surface area contributed by atoms with Crippen LogP contribution in [-0.2, 0) is 0 Å². The van der Waals surface area contributed by atoms with Crippen LogP contribution in [0.5, 0.6) is 17.2 Å². The average Bonchev–Trinajstić information content (AvgIpc) is 2.84. The monoisotopic (exact) mass is 409 g/mol. The number of halogens is 1. The molecular formula is C17H16BrNO4S. The number of rotatable bonds is 3. The highest BCUT2D eigenvalue weighted by Gasteiger charge is 2.34. The van der Waals surface area contributed by atoms with Gasteiger partial charge < -0.3 is 14.2 Å².